The van der Waals surface area contributed by atoms with Crippen LogP contribution in [0.4, 0.5) is 4.79 Å². The SMILES string of the molecule is CCCC[C@H](NC(=O)O[C@@H](Cc1nnc(-c2ccc(C)cc2)o1)C(C)(C)C)C(=O)C(=O)N[C@H](C)c1ccccc1. The summed E-state index contributed by atoms with van der Waals surface area (Å²) in [7, 11) is 0. The summed E-state index contributed by atoms with van der Waals surface area (Å²) >= 11 is 0. The number of nitrogens with one attached hydrogen (secondary N) is 2. The van der Waals surface area contributed by atoms with Crippen LogP contribution in [0.1, 0.15) is 76.9 Å². The number of ketones is 1. The zero-order valence-electron chi connectivity index (χ0n) is 24.2. The molecular weight excluding hydrogens is 508 g/mol. The highest BCUT2D eigenvalue weighted by molar-refractivity contribution is 6.38. The normalized spacial score (nSPS) is 13.7. The first-order valence-electron chi connectivity index (χ1n) is 13.7. The minimum atomic E-state index is -1.01. The molecule has 3 aromatic rings. The molecule has 2 amide bonds. The van der Waals surface area contributed by atoms with Crippen LogP contribution in [0.5, 0.6) is 0 Å². The molecule has 40 heavy (non-hydrogen) atoms. The maximum Gasteiger partial charge on any atom is 0.408 e. The minimum absolute atomic E-state index is 0.193. The largest absolute Gasteiger partial charge is 0.445 e. The molecular formula is C31H40N4O5. The second-order valence-corrected chi connectivity index (χ2v) is 11.1. The van der Waals surface area contributed by atoms with Crippen molar-refractivity contribution in [2.24, 2.45) is 5.41 Å². The molecule has 3 atom stereocenters. The highest BCUT2D eigenvalue weighted by Crippen LogP contribution is 2.27. The number of ether oxygens (including phenoxy) is 1. The van der Waals surface area contributed by atoms with Crippen LogP contribution in [-0.4, -0.2) is 40.1 Å². The summed E-state index contributed by atoms with van der Waals surface area (Å²) in [6.07, 6.45) is 0.558. The number of hydrogen-bond acceptors (Lipinski definition) is 7. The lowest BCUT2D eigenvalue weighted by molar-refractivity contribution is -0.139. The van der Waals surface area contributed by atoms with Crippen LogP contribution in [0.2, 0.25) is 0 Å². The van der Waals surface area contributed by atoms with Gasteiger partial charge in [-0.2, -0.15) is 0 Å². The second-order valence-electron chi connectivity index (χ2n) is 11.1. The number of nitrogens with zero attached hydrogens (tertiary/aromatic N) is 2. The van der Waals surface area contributed by atoms with Gasteiger partial charge in [0.2, 0.25) is 17.6 Å². The number of carbonyl (C=O) groups is 3. The lowest BCUT2D eigenvalue weighted by Crippen LogP contribution is -2.49. The average Bonchev–Trinajstić information content (AvgIpc) is 3.39. The van der Waals surface area contributed by atoms with Crippen molar-refractivity contribution in [2.75, 3.05) is 0 Å². The van der Waals surface area contributed by atoms with E-state index in [1.54, 1.807) is 6.92 Å². The van der Waals surface area contributed by atoms with Gasteiger partial charge in [-0.3, -0.25) is 9.59 Å². The molecule has 1 heterocycles. The fourth-order valence-corrected chi connectivity index (χ4v) is 4.07. The van der Waals surface area contributed by atoms with Gasteiger partial charge in [-0.15, -0.1) is 10.2 Å². The lowest BCUT2D eigenvalue weighted by Gasteiger charge is -2.30. The van der Waals surface area contributed by atoms with Crippen molar-refractivity contribution in [3.05, 3.63) is 71.6 Å². The van der Waals surface area contributed by atoms with Crippen molar-refractivity contribution in [2.45, 2.75) is 85.4 Å². The number of aromatic nitrogens is 2. The number of amides is 2. The van der Waals surface area contributed by atoms with Gasteiger partial charge in [0, 0.05) is 5.56 Å². The number of unbranched alkanes of at least 4 members (excludes halogenated alkanes) is 1. The third-order valence-corrected chi connectivity index (χ3v) is 6.67. The molecule has 0 fully saturated rings. The van der Waals surface area contributed by atoms with Crippen LogP contribution in [0, 0.1) is 12.3 Å². The van der Waals surface area contributed by atoms with E-state index in [-0.39, 0.29) is 12.5 Å². The summed E-state index contributed by atoms with van der Waals surface area (Å²) in [5, 5.41) is 13.7. The van der Waals surface area contributed by atoms with E-state index in [4.69, 9.17) is 9.15 Å². The number of benzene rings is 2. The maximum atomic E-state index is 13.1. The molecule has 2 N–H and O–H groups in total. The van der Waals surface area contributed by atoms with Crippen molar-refractivity contribution in [3.63, 3.8) is 0 Å². The smallest absolute Gasteiger partial charge is 0.408 e. The molecule has 214 valence electrons. The number of rotatable bonds is 12. The van der Waals surface area contributed by atoms with Gasteiger partial charge in [-0.05, 0) is 43.4 Å². The maximum absolute atomic E-state index is 13.1. The zero-order chi connectivity index (χ0) is 29.3. The molecule has 0 radical (unpaired) electrons. The summed E-state index contributed by atoms with van der Waals surface area (Å²) < 4.78 is 11.6. The molecule has 2 aromatic carbocycles. The van der Waals surface area contributed by atoms with Crippen LogP contribution in [0.25, 0.3) is 11.5 Å². The first-order valence-corrected chi connectivity index (χ1v) is 13.7. The van der Waals surface area contributed by atoms with Gasteiger partial charge in [0.1, 0.15) is 12.1 Å². The van der Waals surface area contributed by atoms with Crippen molar-refractivity contribution in [1.29, 1.82) is 0 Å². The topological polar surface area (TPSA) is 123 Å². The Morgan fingerprint density at radius 1 is 0.975 bits per heavy atom. The van der Waals surface area contributed by atoms with Gasteiger partial charge in [-0.25, -0.2) is 4.79 Å². The van der Waals surface area contributed by atoms with Crippen LogP contribution >= 0.6 is 0 Å². The van der Waals surface area contributed by atoms with Crippen molar-refractivity contribution in [1.82, 2.24) is 20.8 Å². The molecule has 3 rings (SSSR count). The number of alkyl carbamates (subject to hydrolysis) is 1. The highest BCUT2D eigenvalue weighted by atomic mass is 16.6. The summed E-state index contributed by atoms with van der Waals surface area (Å²) in [5.41, 5.74) is 2.32. The quantitative estimate of drug-likeness (QED) is 0.277. The van der Waals surface area contributed by atoms with E-state index < -0.39 is 35.3 Å². The van der Waals surface area contributed by atoms with Crippen LogP contribution < -0.4 is 10.6 Å². The Balaban J connectivity index is 1.66. The molecule has 0 aliphatic rings. The molecule has 0 saturated heterocycles. The van der Waals surface area contributed by atoms with E-state index in [0.29, 0.717) is 24.6 Å². The highest BCUT2D eigenvalue weighted by Gasteiger charge is 2.33. The van der Waals surface area contributed by atoms with Gasteiger partial charge in [0.15, 0.2) is 0 Å². The Labute approximate surface area is 236 Å². The van der Waals surface area contributed by atoms with Crippen LogP contribution in [0.15, 0.2) is 59.0 Å². The number of aryl methyl sites for hydroxylation is 1. The minimum Gasteiger partial charge on any atom is -0.445 e. The van der Waals surface area contributed by atoms with E-state index in [9.17, 15) is 14.4 Å². The van der Waals surface area contributed by atoms with Gasteiger partial charge >= 0.3 is 6.09 Å². The third-order valence-electron chi connectivity index (χ3n) is 6.67. The van der Waals surface area contributed by atoms with E-state index in [0.717, 1.165) is 23.1 Å². The standard InChI is InChI=1S/C31H40N4O5/c1-7-8-14-24(27(36)28(37)32-21(3)22-12-10-9-11-13-22)33-30(38)39-25(31(4,5)6)19-26-34-35-29(40-26)23-17-15-20(2)16-18-23/h9-13,15-18,21,24-25H,7-8,14,19H2,1-6H3,(H,32,37)(H,33,38)/t21-,24+,25+/m1/s1. The van der Waals surface area contributed by atoms with E-state index in [1.165, 1.54) is 0 Å². The molecule has 0 aliphatic heterocycles. The molecule has 9 heteroatoms. The summed E-state index contributed by atoms with van der Waals surface area (Å²) in [4.78, 5) is 38.9. The molecule has 0 bridgehead atoms. The lowest BCUT2D eigenvalue weighted by atomic mass is 9.87. The Hall–Kier alpha value is -4.01. The number of Topliss-reactive ketones (excluding diaryl/α,β-unsaturated/α-hetero) is 1. The Morgan fingerprint density at radius 2 is 1.65 bits per heavy atom. The molecule has 0 saturated carbocycles. The van der Waals surface area contributed by atoms with Gasteiger partial charge in [-0.1, -0.05) is 88.6 Å². The Morgan fingerprint density at radius 3 is 2.27 bits per heavy atom. The summed E-state index contributed by atoms with van der Waals surface area (Å²) in [6, 6.07) is 15.7. The molecule has 0 aliphatic carbocycles. The van der Waals surface area contributed by atoms with Crippen molar-refractivity contribution < 1.29 is 23.5 Å². The first kappa shape index (κ1) is 30.5. The number of hydrogen-bond donors (Lipinski definition) is 2. The fraction of sp³-hybridized carbons (Fsp3) is 0.452. The fourth-order valence-electron chi connectivity index (χ4n) is 4.07. The summed E-state index contributed by atoms with van der Waals surface area (Å²) in [6.45, 7) is 11.6. The van der Waals surface area contributed by atoms with Crippen LogP contribution in [-0.2, 0) is 20.7 Å². The second kappa shape index (κ2) is 13.9. The average molecular weight is 549 g/mol. The number of carbonyl (C=O) groups excluding carboxylic acids is 3. The molecule has 0 unspecified atom stereocenters. The van der Waals surface area contributed by atoms with E-state index in [2.05, 4.69) is 20.8 Å². The molecule has 0 spiro atoms. The molecule has 1 aromatic heterocycles. The van der Waals surface area contributed by atoms with Gasteiger partial charge in [0.05, 0.1) is 12.5 Å². The van der Waals surface area contributed by atoms with E-state index >= 15 is 0 Å². The Bertz CT molecular complexity index is 1260. The van der Waals surface area contributed by atoms with Gasteiger partial charge in [0.25, 0.3) is 5.91 Å². The zero-order valence-corrected chi connectivity index (χ0v) is 24.2. The predicted molar refractivity (Wildman–Crippen MR) is 152 cm³/mol. The molecule has 9 nitrogen and oxygen atoms in total. The van der Waals surface area contributed by atoms with Gasteiger partial charge < -0.3 is 19.8 Å². The predicted octanol–water partition coefficient (Wildman–Crippen LogP) is 5.73. The van der Waals surface area contributed by atoms with Crippen molar-refractivity contribution in [3.8, 4) is 11.5 Å². The third kappa shape index (κ3) is 8.76. The monoisotopic (exact) mass is 548 g/mol. The summed E-state index contributed by atoms with van der Waals surface area (Å²) in [5.74, 6) is -0.746. The Kier molecular flexibility index (Phi) is 10.6. The van der Waals surface area contributed by atoms with E-state index in [1.807, 2.05) is 89.2 Å². The van der Waals surface area contributed by atoms with Crippen molar-refractivity contribution >= 4 is 17.8 Å². The first-order chi connectivity index (χ1) is 19.0. The van der Waals surface area contributed by atoms with Crippen LogP contribution in [0.3, 0.4) is 0 Å².